The molecule has 2 amide bonds. The molecule has 6 N–H and O–H groups in total. The lowest BCUT2D eigenvalue weighted by molar-refractivity contribution is -0.129. The largest absolute Gasteiger partial charge is 0.397 e. The summed E-state index contributed by atoms with van der Waals surface area (Å²) in [7, 11) is 1.84. The van der Waals surface area contributed by atoms with Crippen molar-refractivity contribution < 1.29 is 9.59 Å². The number of carbonyl (C=O) groups is 2. The van der Waals surface area contributed by atoms with Crippen molar-refractivity contribution >= 4 is 17.5 Å². The molecule has 0 bridgehead atoms. The van der Waals surface area contributed by atoms with E-state index in [1.54, 1.807) is 42.4 Å². The molecule has 0 aromatic heterocycles. The Morgan fingerprint density at radius 2 is 1.81 bits per heavy atom. The van der Waals surface area contributed by atoms with Gasteiger partial charge in [0.15, 0.2) is 0 Å². The van der Waals surface area contributed by atoms with Crippen LogP contribution < -0.4 is 22.2 Å². The van der Waals surface area contributed by atoms with E-state index < -0.39 is 0 Å². The first-order valence-electron chi connectivity index (χ1n) is 10.3. The first kappa shape index (κ1) is 22.3. The molecule has 1 aliphatic heterocycles. The number of hydrogen-bond donors (Lipinski definition) is 4. The fourth-order valence-corrected chi connectivity index (χ4v) is 3.57. The Bertz CT molecular complexity index is 971. The summed E-state index contributed by atoms with van der Waals surface area (Å²) in [6, 6.07) is 13.1. The second-order valence-electron chi connectivity index (χ2n) is 7.62. The number of likely N-dealkylation sites (N-methyl/N-ethyl adjacent to an activating group) is 1. The molecule has 0 unspecified atom stereocenters. The number of benzene rings is 2. The van der Waals surface area contributed by atoms with E-state index in [4.69, 9.17) is 11.6 Å². The van der Waals surface area contributed by atoms with E-state index in [0.717, 1.165) is 22.3 Å². The summed E-state index contributed by atoms with van der Waals surface area (Å²) < 4.78 is 0. The van der Waals surface area contributed by atoms with Gasteiger partial charge in [-0.25, -0.2) is 5.84 Å². The number of nitrogens with one attached hydrogen (secondary N) is 2. The van der Waals surface area contributed by atoms with Crippen LogP contribution in [0.5, 0.6) is 0 Å². The number of carbonyl (C=O) groups excluding carboxylic acids is 2. The lowest BCUT2D eigenvalue weighted by atomic mass is 10.0. The Hall–Kier alpha value is -3.36. The highest BCUT2D eigenvalue weighted by Gasteiger charge is 2.23. The molecule has 0 saturated heterocycles. The molecule has 2 aromatic carbocycles. The Morgan fingerprint density at radius 3 is 2.48 bits per heavy atom. The van der Waals surface area contributed by atoms with Crippen molar-refractivity contribution in [2.45, 2.75) is 26.6 Å². The van der Waals surface area contributed by atoms with Gasteiger partial charge < -0.3 is 26.3 Å². The topological polar surface area (TPSA) is 117 Å². The summed E-state index contributed by atoms with van der Waals surface area (Å²) in [6.45, 7) is 4.57. The maximum absolute atomic E-state index is 12.1. The second-order valence-corrected chi connectivity index (χ2v) is 7.62. The smallest absolute Gasteiger partial charge is 0.251 e. The van der Waals surface area contributed by atoms with Crippen LogP contribution in [0.15, 0.2) is 48.7 Å². The highest BCUT2D eigenvalue weighted by molar-refractivity contribution is 5.94. The number of hydrazine groups is 1. The third-order valence-corrected chi connectivity index (χ3v) is 5.32. The van der Waals surface area contributed by atoms with Gasteiger partial charge in [0.2, 0.25) is 5.91 Å². The molecule has 0 spiro atoms. The number of nitrogens with zero attached hydrogens (tertiary/aromatic N) is 2. The number of fused-ring (bicyclic) bond motifs is 1. The zero-order valence-electron chi connectivity index (χ0n) is 18.0. The molecular formula is C23H30N6O2. The predicted molar refractivity (Wildman–Crippen MR) is 121 cm³/mol. The predicted octanol–water partition coefficient (Wildman–Crippen LogP) is 1.13. The summed E-state index contributed by atoms with van der Waals surface area (Å²) in [6.07, 6.45) is 1.68. The Morgan fingerprint density at radius 1 is 1.10 bits per heavy atom. The van der Waals surface area contributed by atoms with Crippen LogP contribution in [0.1, 0.15) is 39.5 Å². The number of rotatable bonds is 8. The molecule has 0 radical (unpaired) electrons. The summed E-state index contributed by atoms with van der Waals surface area (Å²) in [5.41, 5.74) is 11.5. The van der Waals surface area contributed by atoms with Gasteiger partial charge in [0.25, 0.3) is 5.91 Å². The number of amides is 2. The van der Waals surface area contributed by atoms with Gasteiger partial charge in [0, 0.05) is 44.9 Å². The molecule has 31 heavy (non-hydrogen) atoms. The highest BCUT2D eigenvalue weighted by Crippen LogP contribution is 2.26. The maximum Gasteiger partial charge on any atom is 0.251 e. The van der Waals surface area contributed by atoms with E-state index in [1.165, 1.54) is 0 Å². The Kier molecular flexibility index (Phi) is 7.28. The van der Waals surface area contributed by atoms with Crippen molar-refractivity contribution in [3.63, 3.8) is 0 Å². The molecule has 8 heteroatoms. The lowest BCUT2D eigenvalue weighted by Gasteiger charge is -2.18. The average Bonchev–Trinajstić information content (AvgIpc) is 3.20. The molecule has 1 heterocycles. The summed E-state index contributed by atoms with van der Waals surface area (Å²) in [5, 5.41) is 7.36. The quantitative estimate of drug-likeness (QED) is 0.288. The van der Waals surface area contributed by atoms with Crippen molar-refractivity contribution in [1.82, 2.24) is 20.5 Å². The van der Waals surface area contributed by atoms with Gasteiger partial charge in [-0.2, -0.15) is 0 Å². The van der Waals surface area contributed by atoms with Crippen LogP contribution >= 0.6 is 0 Å². The number of hydrogen-bond acceptors (Lipinski definition) is 6. The normalized spacial score (nSPS) is 13.1. The molecular weight excluding hydrogens is 392 g/mol. The zero-order valence-corrected chi connectivity index (χ0v) is 18.0. The van der Waals surface area contributed by atoms with Crippen molar-refractivity contribution in [3.8, 4) is 0 Å². The van der Waals surface area contributed by atoms with Gasteiger partial charge in [-0.3, -0.25) is 9.59 Å². The van der Waals surface area contributed by atoms with E-state index >= 15 is 0 Å². The van der Waals surface area contributed by atoms with Crippen LogP contribution in [0, 0.1) is 0 Å². The maximum atomic E-state index is 12.1. The zero-order chi connectivity index (χ0) is 22.4. The lowest BCUT2D eigenvalue weighted by Crippen LogP contribution is -2.30. The minimum absolute atomic E-state index is 0.0649. The van der Waals surface area contributed by atoms with Gasteiger partial charge in [0.05, 0.1) is 12.2 Å². The summed E-state index contributed by atoms with van der Waals surface area (Å²) >= 11 is 0. The fraction of sp³-hybridized carbons (Fsp3) is 0.304. The first-order chi connectivity index (χ1) is 14.9. The van der Waals surface area contributed by atoms with Gasteiger partial charge in [-0.1, -0.05) is 30.3 Å². The highest BCUT2D eigenvalue weighted by atomic mass is 16.2. The molecule has 0 atom stereocenters. The molecule has 8 nitrogen and oxygen atoms in total. The van der Waals surface area contributed by atoms with Crippen LogP contribution in [0.3, 0.4) is 0 Å². The van der Waals surface area contributed by atoms with E-state index in [1.807, 2.05) is 30.1 Å². The van der Waals surface area contributed by atoms with E-state index in [0.29, 0.717) is 44.0 Å². The van der Waals surface area contributed by atoms with Gasteiger partial charge in [-0.15, -0.1) is 0 Å². The van der Waals surface area contributed by atoms with Crippen molar-refractivity contribution in [3.05, 3.63) is 76.5 Å². The van der Waals surface area contributed by atoms with Crippen molar-refractivity contribution in [2.75, 3.05) is 20.1 Å². The van der Waals surface area contributed by atoms with Crippen LogP contribution in [-0.2, 0) is 24.4 Å². The van der Waals surface area contributed by atoms with Gasteiger partial charge >= 0.3 is 0 Å². The third-order valence-electron chi connectivity index (χ3n) is 5.32. The molecule has 164 valence electrons. The molecule has 0 saturated carbocycles. The Labute approximate surface area is 182 Å². The molecule has 0 fully saturated rings. The standard InChI is InChI=1S/C23H30N6O2/c1-16(30)28-12-19-4-3-5-20(21(19)14-28)13-29(25)15-22(24)17-6-8-18(9-7-17)23(31)27-11-10-26-2/h3-9,15,26H,10-14,24-25H2,1-2H3,(H,27,31)/b22-15-. The second kappa shape index (κ2) is 10.1. The van der Waals surface area contributed by atoms with Crippen LogP contribution in [-0.4, -0.2) is 41.9 Å². The Balaban J connectivity index is 1.65. The summed E-state index contributed by atoms with van der Waals surface area (Å²) in [5.74, 6) is 6.15. The molecule has 3 rings (SSSR count). The molecule has 0 aliphatic carbocycles. The van der Waals surface area contributed by atoms with Crippen LogP contribution in [0.2, 0.25) is 0 Å². The van der Waals surface area contributed by atoms with E-state index in [-0.39, 0.29) is 11.8 Å². The van der Waals surface area contributed by atoms with E-state index in [2.05, 4.69) is 10.6 Å². The van der Waals surface area contributed by atoms with Gasteiger partial charge in [-0.05, 0) is 41.4 Å². The minimum Gasteiger partial charge on any atom is -0.397 e. The van der Waals surface area contributed by atoms with Crippen molar-refractivity contribution in [2.24, 2.45) is 11.6 Å². The van der Waals surface area contributed by atoms with Gasteiger partial charge in [0.1, 0.15) is 0 Å². The van der Waals surface area contributed by atoms with Crippen molar-refractivity contribution in [1.29, 1.82) is 0 Å². The minimum atomic E-state index is -0.123. The number of nitrogens with two attached hydrogens (primary N) is 2. The van der Waals surface area contributed by atoms with Crippen LogP contribution in [0.4, 0.5) is 0 Å². The SMILES string of the molecule is CNCCNC(=O)c1ccc(/C(N)=C/N(N)Cc2cccc3c2CN(C(C)=O)C3)cc1. The molecule has 2 aromatic rings. The first-order valence-corrected chi connectivity index (χ1v) is 10.3. The summed E-state index contributed by atoms with van der Waals surface area (Å²) in [4.78, 5) is 25.6. The average molecular weight is 423 g/mol. The third kappa shape index (κ3) is 5.62. The van der Waals surface area contributed by atoms with E-state index in [9.17, 15) is 9.59 Å². The van der Waals surface area contributed by atoms with Crippen LogP contribution in [0.25, 0.3) is 5.70 Å². The fourth-order valence-electron chi connectivity index (χ4n) is 3.57. The molecule has 1 aliphatic rings. The monoisotopic (exact) mass is 422 g/mol.